The molecule has 0 saturated carbocycles. The van der Waals surface area contributed by atoms with Crippen LogP contribution in [0, 0.1) is 5.82 Å². The third kappa shape index (κ3) is 5.89. The number of hydrogen-bond donors (Lipinski definition) is 0. The normalized spacial score (nSPS) is 15.0. The second kappa shape index (κ2) is 10.7. The van der Waals surface area contributed by atoms with Gasteiger partial charge in [0.25, 0.3) is 11.1 Å². The molecule has 36 heavy (non-hydrogen) atoms. The fourth-order valence-electron chi connectivity index (χ4n) is 3.28. The quantitative estimate of drug-likeness (QED) is 0.257. The number of amides is 2. The summed E-state index contributed by atoms with van der Waals surface area (Å²) in [5.74, 6) is -0.785. The van der Waals surface area contributed by atoms with Crippen molar-refractivity contribution >= 4 is 50.7 Å². The molecule has 3 aromatic carbocycles. The van der Waals surface area contributed by atoms with E-state index in [1.165, 1.54) is 66.7 Å². The number of carbonyl (C=O) groups excluding carboxylic acids is 2. The molecular formula is C25H19ClFNO6S2. The van der Waals surface area contributed by atoms with E-state index in [4.69, 9.17) is 20.5 Å². The summed E-state index contributed by atoms with van der Waals surface area (Å²) in [5.41, 5.74) is 1.11. The fourth-order valence-corrected chi connectivity index (χ4v) is 5.18. The summed E-state index contributed by atoms with van der Waals surface area (Å²) < 4.78 is 49.3. The summed E-state index contributed by atoms with van der Waals surface area (Å²) in [6.45, 7) is 1.97. The summed E-state index contributed by atoms with van der Waals surface area (Å²) >= 11 is 6.60. The average Bonchev–Trinajstić information content (AvgIpc) is 3.09. The van der Waals surface area contributed by atoms with Crippen molar-refractivity contribution < 1.29 is 31.3 Å². The fraction of sp³-hybridized carbons (Fsp3) is 0.120. The van der Waals surface area contributed by atoms with Crippen LogP contribution in [0.25, 0.3) is 6.08 Å². The molecule has 7 nitrogen and oxygen atoms in total. The molecule has 1 fully saturated rings. The van der Waals surface area contributed by atoms with E-state index >= 15 is 0 Å². The van der Waals surface area contributed by atoms with E-state index in [9.17, 15) is 22.4 Å². The van der Waals surface area contributed by atoms with Gasteiger partial charge in [-0.2, -0.15) is 8.42 Å². The van der Waals surface area contributed by atoms with Crippen molar-refractivity contribution in [1.29, 1.82) is 0 Å². The lowest BCUT2D eigenvalue weighted by molar-refractivity contribution is -0.123. The van der Waals surface area contributed by atoms with Gasteiger partial charge in [0, 0.05) is 5.02 Å². The van der Waals surface area contributed by atoms with Crippen LogP contribution in [0.2, 0.25) is 5.02 Å². The summed E-state index contributed by atoms with van der Waals surface area (Å²) in [4.78, 5) is 26.4. The topological polar surface area (TPSA) is 90.0 Å². The van der Waals surface area contributed by atoms with E-state index in [1.807, 2.05) is 0 Å². The smallest absolute Gasteiger partial charge is 0.339 e. The van der Waals surface area contributed by atoms with Gasteiger partial charge < -0.3 is 8.92 Å². The maximum absolute atomic E-state index is 13.1. The number of rotatable bonds is 8. The number of halogens is 2. The lowest BCUT2D eigenvalue weighted by Crippen LogP contribution is -2.27. The molecule has 186 valence electrons. The average molecular weight is 548 g/mol. The molecule has 1 aliphatic heterocycles. The van der Waals surface area contributed by atoms with Gasteiger partial charge in [0.1, 0.15) is 10.7 Å². The first-order chi connectivity index (χ1) is 17.2. The molecule has 1 heterocycles. The van der Waals surface area contributed by atoms with Crippen molar-refractivity contribution in [2.45, 2.75) is 18.4 Å². The second-order valence-electron chi connectivity index (χ2n) is 7.52. The highest BCUT2D eigenvalue weighted by Gasteiger charge is 2.35. The van der Waals surface area contributed by atoms with E-state index in [0.29, 0.717) is 16.1 Å². The third-order valence-corrected chi connectivity index (χ3v) is 7.40. The molecule has 0 spiro atoms. The van der Waals surface area contributed by atoms with Gasteiger partial charge in [0.15, 0.2) is 11.5 Å². The SMILES string of the molecule is CCOc1cc(/C=C2\SC(=O)N(Cc3ccc(F)cc3)C2=O)ccc1OS(=O)(=O)c1ccc(Cl)cc1. The number of nitrogens with zero attached hydrogens (tertiary/aromatic N) is 1. The van der Waals surface area contributed by atoms with Gasteiger partial charge in [-0.05, 0) is 84.4 Å². The van der Waals surface area contributed by atoms with Crippen LogP contribution in [0.5, 0.6) is 11.5 Å². The molecule has 3 aromatic rings. The number of carbonyl (C=O) groups is 2. The van der Waals surface area contributed by atoms with E-state index in [0.717, 1.165) is 16.7 Å². The van der Waals surface area contributed by atoms with Crippen LogP contribution in [0.3, 0.4) is 0 Å². The van der Waals surface area contributed by atoms with Gasteiger partial charge in [-0.1, -0.05) is 29.8 Å². The lowest BCUT2D eigenvalue weighted by Gasteiger charge is -2.13. The molecular weight excluding hydrogens is 529 g/mol. The number of ether oxygens (including phenoxy) is 1. The zero-order valence-corrected chi connectivity index (χ0v) is 21.2. The Balaban J connectivity index is 1.56. The summed E-state index contributed by atoms with van der Waals surface area (Å²) in [6, 6.07) is 15.5. The molecule has 0 unspecified atom stereocenters. The molecule has 0 radical (unpaired) electrons. The largest absolute Gasteiger partial charge is 0.490 e. The van der Waals surface area contributed by atoms with Crippen LogP contribution in [-0.2, 0) is 21.5 Å². The Hall–Kier alpha value is -3.34. The Morgan fingerprint density at radius 3 is 2.36 bits per heavy atom. The number of thioether (sulfide) groups is 1. The number of imide groups is 1. The molecule has 0 N–H and O–H groups in total. The Bertz CT molecular complexity index is 1440. The van der Waals surface area contributed by atoms with Crippen molar-refractivity contribution in [3.63, 3.8) is 0 Å². The third-order valence-electron chi connectivity index (χ3n) is 4.99. The minimum Gasteiger partial charge on any atom is -0.490 e. The second-order valence-corrected chi connectivity index (χ2v) is 10.5. The first-order valence-electron chi connectivity index (χ1n) is 10.6. The molecule has 11 heteroatoms. The molecule has 0 atom stereocenters. The highest BCUT2D eigenvalue weighted by atomic mass is 35.5. The monoisotopic (exact) mass is 547 g/mol. The van der Waals surface area contributed by atoms with E-state index in [1.54, 1.807) is 13.0 Å². The van der Waals surface area contributed by atoms with Gasteiger partial charge in [0.2, 0.25) is 0 Å². The maximum atomic E-state index is 13.1. The van der Waals surface area contributed by atoms with Crippen molar-refractivity contribution in [3.8, 4) is 11.5 Å². The Labute approximate surface area is 216 Å². The van der Waals surface area contributed by atoms with Gasteiger partial charge in [-0.15, -0.1) is 0 Å². The number of hydrogen-bond acceptors (Lipinski definition) is 7. The lowest BCUT2D eigenvalue weighted by atomic mass is 10.1. The predicted octanol–water partition coefficient (Wildman–Crippen LogP) is 5.88. The molecule has 1 saturated heterocycles. The molecule has 4 rings (SSSR count). The highest BCUT2D eigenvalue weighted by molar-refractivity contribution is 8.18. The maximum Gasteiger partial charge on any atom is 0.339 e. The van der Waals surface area contributed by atoms with Crippen LogP contribution in [-0.4, -0.2) is 31.1 Å². The van der Waals surface area contributed by atoms with E-state index < -0.39 is 27.1 Å². The molecule has 0 bridgehead atoms. The molecule has 2 amide bonds. The molecule has 1 aliphatic rings. The minimum absolute atomic E-state index is 0.0157. The number of benzene rings is 3. The molecule has 0 aliphatic carbocycles. The van der Waals surface area contributed by atoms with Gasteiger partial charge in [-0.25, -0.2) is 4.39 Å². The first-order valence-corrected chi connectivity index (χ1v) is 13.2. The Morgan fingerprint density at radius 1 is 1.00 bits per heavy atom. The molecule has 0 aromatic heterocycles. The summed E-state index contributed by atoms with van der Waals surface area (Å²) in [6.07, 6.45) is 1.51. The zero-order chi connectivity index (χ0) is 25.9. The Morgan fingerprint density at radius 2 is 1.69 bits per heavy atom. The standard InChI is InChI=1S/C25H19ClFNO6S2/c1-2-33-22-13-17(5-12-21(22)34-36(31,32)20-10-6-18(26)7-11-20)14-23-24(29)28(25(30)35-23)15-16-3-8-19(27)9-4-16/h3-14H,2,15H2,1H3/b23-14-. The van der Waals surface area contributed by atoms with Crippen molar-refractivity contribution in [3.05, 3.63) is 93.6 Å². The van der Waals surface area contributed by atoms with E-state index in [2.05, 4.69) is 0 Å². The van der Waals surface area contributed by atoms with Gasteiger partial charge in [-0.3, -0.25) is 14.5 Å². The Kier molecular flexibility index (Phi) is 7.67. The van der Waals surface area contributed by atoms with Gasteiger partial charge in [0.05, 0.1) is 18.1 Å². The van der Waals surface area contributed by atoms with Crippen LogP contribution in [0.4, 0.5) is 9.18 Å². The summed E-state index contributed by atoms with van der Waals surface area (Å²) in [7, 11) is -4.15. The van der Waals surface area contributed by atoms with Crippen LogP contribution in [0.1, 0.15) is 18.1 Å². The van der Waals surface area contributed by atoms with Crippen LogP contribution in [0.15, 0.2) is 76.5 Å². The zero-order valence-electron chi connectivity index (χ0n) is 18.8. The first kappa shape index (κ1) is 25.7. The van der Waals surface area contributed by atoms with Crippen molar-refractivity contribution in [2.75, 3.05) is 6.61 Å². The van der Waals surface area contributed by atoms with Crippen molar-refractivity contribution in [2.24, 2.45) is 0 Å². The summed E-state index contributed by atoms with van der Waals surface area (Å²) in [5, 5.41) is -0.0648. The van der Waals surface area contributed by atoms with Crippen molar-refractivity contribution in [1.82, 2.24) is 4.90 Å². The van der Waals surface area contributed by atoms with Crippen LogP contribution < -0.4 is 8.92 Å². The van der Waals surface area contributed by atoms with Gasteiger partial charge >= 0.3 is 10.1 Å². The highest BCUT2D eigenvalue weighted by Crippen LogP contribution is 2.36. The minimum atomic E-state index is -4.15. The van der Waals surface area contributed by atoms with E-state index in [-0.39, 0.29) is 34.5 Å². The predicted molar refractivity (Wildman–Crippen MR) is 135 cm³/mol. The van der Waals surface area contributed by atoms with Crippen LogP contribution >= 0.6 is 23.4 Å².